The predicted octanol–water partition coefficient (Wildman–Crippen LogP) is -1.06. The lowest BCUT2D eigenvalue weighted by Crippen LogP contribution is -2.49. The van der Waals surface area contributed by atoms with E-state index in [2.05, 4.69) is 10.6 Å². The van der Waals surface area contributed by atoms with Crippen LogP contribution < -0.4 is 10.6 Å². The number of aliphatic hydroxyl groups excluding tert-OH is 1. The fourth-order valence-electron chi connectivity index (χ4n) is 1.85. The Hall–Kier alpha value is -1.14. The molecule has 6 nitrogen and oxygen atoms in total. The van der Waals surface area contributed by atoms with E-state index in [-0.39, 0.29) is 17.9 Å². The summed E-state index contributed by atoms with van der Waals surface area (Å²) in [5, 5.41) is 23.0. The number of carbonyl (C=O) groups excluding carboxylic acids is 1. The fourth-order valence-corrected chi connectivity index (χ4v) is 1.85. The van der Waals surface area contributed by atoms with Crippen molar-refractivity contribution in [3.63, 3.8) is 0 Å². The van der Waals surface area contributed by atoms with E-state index in [1.165, 1.54) is 0 Å². The van der Waals surface area contributed by atoms with E-state index in [4.69, 9.17) is 10.2 Å². The van der Waals surface area contributed by atoms with Crippen molar-refractivity contribution in [2.75, 3.05) is 13.2 Å². The molecule has 16 heavy (non-hydrogen) atoms. The van der Waals surface area contributed by atoms with Gasteiger partial charge >= 0.3 is 5.97 Å². The first-order valence-corrected chi connectivity index (χ1v) is 5.42. The summed E-state index contributed by atoms with van der Waals surface area (Å²) in [4.78, 5) is 22.3. The smallest absolute Gasteiger partial charge is 0.328 e. The van der Waals surface area contributed by atoms with Crippen LogP contribution in [-0.2, 0) is 9.59 Å². The maximum Gasteiger partial charge on any atom is 0.328 e. The van der Waals surface area contributed by atoms with Crippen molar-refractivity contribution < 1.29 is 19.8 Å². The second-order valence-electron chi connectivity index (χ2n) is 4.16. The molecular formula is C10H18N2O4. The summed E-state index contributed by atoms with van der Waals surface area (Å²) in [6.07, 6.45) is 1.40. The van der Waals surface area contributed by atoms with E-state index in [0.29, 0.717) is 12.8 Å². The van der Waals surface area contributed by atoms with E-state index in [9.17, 15) is 9.59 Å². The maximum absolute atomic E-state index is 11.7. The minimum absolute atomic E-state index is 0.162. The number of amides is 1. The van der Waals surface area contributed by atoms with Gasteiger partial charge in [0.25, 0.3) is 0 Å². The molecule has 6 heteroatoms. The highest BCUT2D eigenvalue weighted by atomic mass is 16.4. The van der Waals surface area contributed by atoms with Crippen molar-refractivity contribution in [2.24, 2.45) is 5.92 Å². The number of rotatable bonds is 4. The van der Waals surface area contributed by atoms with Crippen LogP contribution in [0.3, 0.4) is 0 Å². The molecule has 3 atom stereocenters. The highest BCUT2D eigenvalue weighted by molar-refractivity contribution is 5.85. The number of nitrogens with one attached hydrogen (secondary N) is 2. The molecule has 0 radical (unpaired) electrons. The number of piperidine rings is 1. The van der Waals surface area contributed by atoms with Crippen LogP contribution in [-0.4, -0.2) is 47.3 Å². The molecule has 1 fully saturated rings. The number of aliphatic hydroxyl groups is 1. The molecule has 1 rings (SSSR count). The zero-order valence-electron chi connectivity index (χ0n) is 9.27. The van der Waals surface area contributed by atoms with Crippen LogP contribution in [0.4, 0.5) is 0 Å². The fraction of sp³-hybridized carbons (Fsp3) is 0.800. The van der Waals surface area contributed by atoms with Crippen LogP contribution in [0, 0.1) is 5.92 Å². The molecule has 0 aromatic carbocycles. The first kappa shape index (κ1) is 12.9. The van der Waals surface area contributed by atoms with E-state index < -0.39 is 18.6 Å². The van der Waals surface area contributed by atoms with Gasteiger partial charge in [0, 0.05) is 12.0 Å². The summed E-state index contributed by atoms with van der Waals surface area (Å²) >= 11 is 0. The molecule has 92 valence electrons. The minimum Gasteiger partial charge on any atom is -0.480 e. The molecule has 1 aliphatic rings. The van der Waals surface area contributed by atoms with Crippen molar-refractivity contribution >= 4 is 11.9 Å². The zero-order valence-corrected chi connectivity index (χ0v) is 9.27. The quantitative estimate of drug-likeness (QED) is 0.493. The van der Waals surface area contributed by atoms with Crippen LogP contribution in [0.1, 0.15) is 19.8 Å². The topological polar surface area (TPSA) is 98.7 Å². The second kappa shape index (κ2) is 5.81. The standard InChI is InChI=1S/C10H18N2O4/c1-6-4-7(2-3-11-6)9(14)12-8(5-13)10(15)16/h6-8,11,13H,2-5H2,1H3,(H,12,14)(H,15,16). The second-order valence-corrected chi connectivity index (χ2v) is 4.16. The Balaban J connectivity index is 2.47. The van der Waals surface area contributed by atoms with Crippen molar-refractivity contribution in [1.29, 1.82) is 0 Å². The summed E-state index contributed by atoms with van der Waals surface area (Å²) < 4.78 is 0. The molecule has 3 unspecified atom stereocenters. The highest BCUT2D eigenvalue weighted by Gasteiger charge is 2.27. The average molecular weight is 230 g/mol. The number of carboxylic acid groups (broad SMARTS) is 1. The highest BCUT2D eigenvalue weighted by Crippen LogP contribution is 2.16. The van der Waals surface area contributed by atoms with E-state index in [1.807, 2.05) is 6.92 Å². The van der Waals surface area contributed by atoms with Gasteiger partial charge in [0.15, 0.2) is 0 Å². The number of hydrogen-bond acceptors (Lipinski definition) is 4. The lowest BCUT2D eigenvalue weighted by Gasteiger charge is -2.27. The van der Waals surface area contributed by atoms with Gasteiger partial charge in [-0.05, 0) is 26.3 Å². The maximum atomic E-state index is 11.7. The SMILES string of the molecule is CC1CC(C(=O)NC(CO)C(=O)O)CCN1. The normalized spacial score (nSPS) is 27.1. The van der Waals surface area contributed by atoms with Crippen LogP contribution >= 0.6 is 0 Å². The van der Waals surface area contributed by atoms with Gasteiger partial charge in [-0.3, -0.25) is 4.79 Å². The molecule has 0 saturated carbocycles. The zero-order chi connectivity index (χ0) is 12.1. The third-order valence-corrected chi connectivity index (χ3v) is 2.79. The van der Waals surface area contributed by atoms with Crippen molar-refractivity contribution in [3.05, 3.63) is 0 Å². The van der Waals surface area contributed by atoms with E-state index in [0.717, 1.165) is 6.54 Å². The molecule has 1 saturated heterocycles. The lowest BCUT2D eigenvalue weighted by molar-refractivity contribution is -0.143. The Morgan fingerprint density at radius 2 is 2.25 bits per heavy atom. The minimum atomic E-state index is -1.21. The summed E-state index contributed by atoms with van der Waals surface area (Å²) in [7, 11) is 0. The lowest BCUT2D eigenvalue weighted by atomic mass is 9.92. The predicted molar refractivity (Wildman–Crippen MR) is 56.8 cm³/mol. The number of carbonyl (C=O) groups is 2. The number of carboxylic acids is 1. The molecule has 0 aromatic heterocycles. The Morgan fingerprint density at radius 3 is 2.75 bits per heavy atom. The summed E-state index contributed by atoms with van der Waals surface area (Å²) in [5.74, 6) is -1.66. The van der Waals surface area contributed by atoms with Crippen LogP contribution in [0.2, 0.25) is 0 Å². The first-order valence-electron chi connectivity index (χ1n) is 5.42. The summed E-state index contributed by atoms with van der Waals surface area (Å²) in [5.41, 5.74) is 0. The first-order chi connectivity index (χ1) is 7.54. The van der Waals surface area contributed by atoms with Gasteiger partial charge < -0.3 is 20.8 Å². The Labute approximate surface area is 94.0 Å². The van der Waals surface area contributed by atoms with Gasteiger partial charge in [-0.15, -0.1) is 0 Å². The van der Waals surface area contributed by atoms with E-state index in [1.54, 1.807) is 0 Å². The van der Waals surface area contributed by atoms with Gasteiger partial charge in [0.1, 0.15) is 6.04 Å². The van der Waals surface area contributed by atoms with Gasteiger partial charge in [-0.25, -0.2) is 4.79 Å². The van der Waals surface area contributed by atoms with Gasteiger partial charge in [-0.2, -0.15) is 0 Å². The van der Waals surface area contributed by atoms with Crippen molar-refractivity contribution in [3.8, 4) is 0 Å². The molecule has 0 aliphatic carbocycles. The van der Waals surface area contributed by atoms with Gasteiger partial charge in [0.05, 0.1) is 6.61 Å². The molecule has 1 aliphatic heterocycles. The van der Waals surface area contributed by atoms with Crippen LogP contribution in [0.25, 0.3) is 0 Å². The molecular weight excluding hydrogens is 212 g/mol. The molecule has 1 heterocycles. The number of aliphatic carboxylic acids is 1. The van der Waals surface area contributed by atoms with Crippen molar-refractivity contribution in [1.82, 2.24) is 10.6 Å². The Bertz CT molecular complexity index is 270. The molecule has 0 bridgehead atoms. The van der Waals surface area contributed by atoms with Crippen LogP contribution in [0.15, 0.2) is 0 Å². The third-order valence-electron chi connectivity index (χ3n) is 2.79. The molecule has 4 N–H and O–H groups in total. The van der Waals surface area contributed by atoms with Crippen molar-refractivity contribution in [2.45, 2.75) is 31.8 Å². The molecule has 0 spiro atoms. The van der Waals surface area contributed by atoms with E-state index >= 15 is 0 Å². The van der Waals surface area contributed by atoms with Gasteiger partial charge in [-0.1, -0.05) is 0 Å². The Kier molecular flexibility index (Phi) is 4.70. The monoisotopic (exact) mass is 230 g/mol. The van der Waals surface area contributed by atoms with Crippen LogP contribution in [0.5, 0.6) is 0 Å². The molecule has 1 amide bonds. The Morgan fingerprint density at radius 1 is 1.56 bits per heavy atom. The molecule has 0 aromatic rings. The third kappa shape index (κ3) is 3.46. The average Bonchev–Trinajstić information content (AvgIpc) is 2.25. The summed E-state index contributed by atoms with van der Waals surface area (Å²) in [6, 6.07) is -0.931. The number of hydrogen-bond donors (Lipinski definition) is 4. The summed E-state index contributed by atoms with van der Waals surface area (Å²) in [6.45, 7) is 2.16. The largest absolute Gasteiger partial charge is 0.480 e. The van der Waals surface area contributed by atoms with Gasteiger partial charge in [0.2, 0.25) is 5.91 Å².